The third-order valence-corrected chi connectivity index (χ3v) is 7.32. The van der Waals surface area contributed by atoms with Crippen molar-refractivity contribution in [2.75, 3.05) is 36.4 Å². The van der Waals surface area contributed by atoms with Gasteiger partial charge in [-0.05, 0) is 44.5 Å². The number of piperazine rings is 1. The summed E-state index contributed by atoms with van der Waals surface area (Å²) < 4.78 is 27.8. The van der Waals surface area contributed by atoms with Crippen LogP contribution in [-0.2, 0) is 10.0 Å². The summed E-state index contributed by atoms with van der Waals surface area (Å²) in [5.74, 6) is 2.78. The SMILES string of the molecule is Cc1ccc(S(=O)(=O)N2CCN(c3cc(Nc4ccccn4)nc(C)n3)CC2)c(C)c1. The highest BCUT2D eigenvalue weighted by molar-refractivity contribution is 7.89. The molecule has 0 radical (unpaired) electrons. The number of pyridine rings is 1. The van der Waals surface area contributed by atoms with E-state index in [1.54, 1.807) is 16.6 Å². The molecule has 2 aromatic heterocycles. The molecular weight excluding hydrogens is 412 g/mol. The molecule has 3 heterocycles. The molecule has 8 nitrogen and oxygen atoms in total. The summed E-state index contributed by atoms with van der Waals surface area (Å²) in [4.78, 5) is 15.7. The Balaban J connectivity index is 1.48. The van der Waals surface area contributed by atoms with E-state index >= 15 is 0 Å². The number of hydrogen-bond donors (Lipinski definition) is 1. The minimum absolute atomic E-state index is 0.381. The Kier molecular flexibility index (Phi) is 5.88. The molecule has 1 N–H and O–H groups in total. The highest BCUT2D eigenvalue weighted by Crippen LogP contribution is 2.24. The molecule has 1 fully saturated rings. The van der Waals surface area contributed by atoms with Crippen molar-refractivity contribution in [3.05, 3.63) is 65.6 Å². The van der Waals surface area contributed by atoms with Crippen molar-refractivity contribution in [2.45, 2.75) is 25.7 Å². The summed E-state index contributed by atoms with van der Waals surface area (Å²) in [5.41, 5.74) is 1.83. The second kappa shape index (κ2) is 8.60. The minimum Gasteiger partial charge on any atom is -0.354 e. The predicted octanol–water partition coefficient (Wildman–Crippen LogP) is 3.05. The van der Waals surface area contributed by atoms with Gasteiger partial charge in [0.05, 0.1) is 4.90 Å². The van der Waals surface area contributed by atoms with E-state index in [2.05, 4.69) is 25.2 Å². The first kappa shape index (κ1) is 21.2. The van der Waals surface area contributed by atoms with Gasteiger partial charge in [0.1, 0.15) is 23.3 Å². The van der Waals surface area contributed by atoms with Crippen LogP contribution in [0, 0.1) is 20.8 Å². The van der Waals surface area contributed by atoms with Gasteiger partial charge in [0.25, 0.3) is 0 Å². The van der Waals surface area contributed by atoms with Gasteiger partial charge in [-0.1, -0.05) is 23.8 Å². The van der Waals surface area contributed by atoms with E-state index in [-0.39, 0.29) is 0 Å². The van der Waals surface area contributed by atoms with Crippen LogP contribution in [0.3, 0.4) is 0 Å². The van der Waals surface area contributed by atoms with Crippen LogP contribution >= 0.6 is 0 Å². The van der Waals surface area contributed by atoms with Gasteiger partial charge in [-0.25, -0.2) is 23.4 Å². The van der Waals surface area contributed by atoms with Crippen molar-refractivity contribution in [3.8, 4) is 0 Å². The highest BCUT2D eigenvalue weighted by Gasteiger charge is 2.30. The molecule has 1 aliphatic rings. The van der Waals surface area contributed by atoms with Crippen LogP contribution < -0.4 is 10.2 Å². The third kappa shape index (κ3) is 4.67. The smallest absolute Gasteiger partial charge is 0.243 e. The van der Waals surface area contributed by atoms with Crippen molar-refractivity contribution in [1.29, 1.82) is 0 Å². The molecule has 0 saturated carbocycles. The summed E-state index contributed by atoms with van der Waals surface area (Å²) in [6.45, 7) is 7.57. The monoisotopic (exact) mass is 438 g/mol. The topological polar surface area (TPSA) is 91.3 Å². The summed E-state index contributed by atoms with van der Waals surface area (Å²) in [6, 6.07) is 12.9. The molecule has 0 amide bonds. The zero-order chi connectivity index (χ0) is 22.0. The molecule has 1 aromatic carbocycles. The molecule has 9 heteroatoms. The maximum Gasteiger partial charge on any atom is 0.243 e. The Labute approximate surface area is 183 Å². The lowest BCUT2D eigenvalue weighted by Gasteiger charge is -2.35. The quantitative estimate of drug-likeness (QED) is 0.655. The zero-order valence-electron chi connectivity index (χ0n) is 17.9. The van der Waals surface area contributed by atoms with E-state index in [4.69, 9.17) is 0 Å². The average Bonchev–Trinajstić information content (AvgIpc) is 2.74. The Morgan fingerprint density at radius 2 is 1.68 bits per heavy atom. The maximum absolute atomic E-state index is 13.1. The van der Waals surface area contributed by atoms with Crippen LogP contribution in [-0.4, -0.2) is 53.9 Å². The second-order valence-electron chi connectivity index (χ2n) is 7.66. The fourth-order valence-electron chi connectivity index (χ4n) is 3.73. The van der Waals surface area contributed by atoms with Gasteiger partial charge in [0.2, 0.25) is 10.0 Å². The number of hydrogen-bond acceptors (Lipinski definition) is 7. The number of sulfonamides is 1. The largest absolute Gasteiger partial charge is 0.354 e. The molecule has 0 spiro atoms. The number of nitrogens with zero attached hydrogens (tertiary/aromatic N) is 5. The number of benzene rings is 1. The summed E-state index contributed by atoms with van der Waals surface area (Å²) in [7, 11) is -3.52. The van der Waals surface area contributed by atoms with Crippen LogP contribution in [0.4, 0.5) is 17.5 Å². The predicted molar refractivity (Wildman–Crippen MR) is 121 cm³/mol. The molecule has 0 bridgehead atoms. The molecule has 31 heavy (non-hydrogen) atoms. The lowest BCUT2D eigenvalue weighted by atomic mass is 10.2. The van der Waals surface area contributed by atoms with Gasteiger partial charge in [-0.15, -0.1) is 0 Å². The number of anilines is 3. The van der Waals surface area contributed by atoms with E-state index in [1.807, 2.05) is 57.2 Å². The van der Waals surface area contributed by atoms with Crippen LogP contribution in [0.15, 0.2) is 53.6 Å². The summed E-state index contributed by atoms with van der Waals surface area (Å²) in [5, 5.41) is 3.19. The first-order valence-corrected chi connectivity index (χ1v) is 11.6. The van der Waals surface area contributed by atoms with E-state index in [9.17, 15) is 8.42 Å². The van der Waals surface area contributed by atoms with Gasteiger partial charge in [0.15, 0.2) is 0 Å². The molecule has 3 aromatic rings. The summed E-state index contributed by atoms with van der Waals surface area (Å²) >= 11 is 0. The standard InChI is InChI=1S/C22H26N6O2S/c1-16-7-8-19(17(2)14-16)31(29,30)28-12-10-27(11-13-28)22-15-21(24-18(3)25-22)26-20-6-4-5-9-23-20/h4-9,14-15H,10-13H2,1-3H3,(H,23,24,25,26). The van der Waals surface area contributed by atoms with Crippen molar-refractivity contribution < 1.29 is 8.42 Å². The maximum atomic E-state index is 13.1. The number of aryl methyl sites for hydroxylation is 3. The fourth-order valence-corrected chi connectivity index (χ4v) is 5.36. The van der Waals surface area contributed by atoms with Crippen LogP contribution in [0.5, 0.6) is 0 Å². The Bertz CT molecular complexity index is 1180. The Morgan fingerprint density at radius 1 is 0.903 bits per heavy atom. The molecule has 162 valence electrons. The molecule has 4 rings (SSSR count). The zero-order valence-corrected chi connectivity index (χ0v) is 18.7. The van der Waals surface area contributed by atoms with Gasteiger partial charge in [0, 0.05) is 38.4 Å². The number of aromatic nitrogens is 3. The molecular formula is C22H26N6O2S. The van der Waals surface area contributed by atoms with Crippen molar-refractivity contribution >= 4 is 27.5 Å². The minimum atomic E-state index is -3.52. The molecule has 0 atom stereocenters. The highest BCUT2D eigenvalue weighted by atomic mass is 32.2. The van der Waals surface area contributed by atoms with Crippen molar-refractivity contribution in [3.63, 3.8) is 0 Å². The lowest BCUT2D eigenvalue weighted by molar-refractivity contribution is 0.383. The number of nitrogens with one attached hydrogen (secondary N) is 1. The van der Waals surface area contributed by atoms with E-state index in [1.165, 1.54) is 0 Å². The van der Waals surface area contributed by atoms with E-state index in [0.29, 0.717) is 48.5 Å². The molecule has 1 aliphatic heterocycles. The van der Waals surface area contributed by atoms with Gasteiger partial charge < -0.3 is 10.2 Å². The van der Waals surface area contributed by atoms with Gasteiger partial charge in [-0.2, -0.15) is 4.31 Å². The molecule has 0 aliphatic carbocycles. The summed E-state index contributed by atoms with van der Waals surface area (Å²) in [6.07, 6.45) is 1.71. The Hall–Kier alpha value is -3.04. The van der Waals surface area contributed by atoms with Crippen LogP contribution in [0.25, 0.3) is 0 Å². The molecule has 0 unspecified atom stereocenters. The average molecular weight is 439 g/mol. The van der Waals surface area contributed by atoms with E-state index in [0.717, 1.165) is 16.9 Å². The van der Waals surface area contributed by atoms with Gasteiger partial charge >= 0.3 is 0 Å². The normalized spacial score (nSPS) is 15.1. The van der Waals surface area contributed by atoms with Crippen molar-refractivity contribution in [1.82, 2.24) is 19.3 Å². The van der Waals surface area contributed by atoms with Crippen molar-refractivity contribution in [2.24, 2.45) is 0 Å². The van der Waals surface area contributed by atoms with Crippen LogP contribution in [0.2, 0.25) is 0 Å². The Morgan fingerprint density at radius 3 is 2.35 bits per heavy atom. The van der Waals surface area contributed by atoms with Gasteiger partial charge in [-0.3, -0.25) is 0 Å². The molecule has 1 saturated heterocycles. The first-order chi connectivity index (χ1) is 14.8. The number of rotatable bonds is 5. The second-order valence-corrected chi connectivity index (χ2v) is 9.57. The van der Waals surface area contributed by atoms with Crippen LogP contribution in [0.1, 0.15) is 17.0 Å². The third-order valence-electron chi connectivity index (χ3n) is 5.26. The first-order valence-electron chi connectivity index (χ1n) is 10.2. The lowest BCUT2D eigenvalue weighted by Crippen LogP contribution is -2.49. The fraction of sp³-hybridized carbons (Fsp3) is 0.318. The van der Waals surface area contributed by atoms with E-state index < -0.39 is 10.0 Å².